The van der Waals surface area contributed by atoms with E-state index in [4.69, 9.17) is 0 Å². The molecule has 102 valence electrons. The molecule has 0 saturated heterocycles. The van der Waals surface area contributed by atoms with E-state index in [0.717, 1.165) is 0 Å². The predicted octanol–water partition coefficient (Wildman–Crippen LogP) is 6.22. The van der Waals surface area contributed by atoms with Gasteiger partial charge in [-0.1, -0.05) is 64.9 Å². The zero-order valence-electron chi connectivity index (χ0n) is 12.3. The molecule has 0 aliphatic rings. The number of unbranched alkanes of at least 4 members (excludes halogenated alkanes) is 8. The summed E-state index contributed by atoms with van der Waals surface area (Å²) < 4.78 is 0.491. The molecule has 0 spiro atoms. The third-order valence-electron chi connectivity index (χ3n) is 3.49. The minimum atomic E-state index is 0.491. The van der Waals surface area contributed by atoms with Crippen LogP contribution in [0.3, 0.4) is 0 Å². The Bertz CT molecular complexity index is 172. The number of rotatable bonds is 12. The van der Waals surface area contributed by atoms with Crippen LogP contribution < -0.4 is 0 Å². The third-order valence-corrected chi connectivity index (χ3v) is 4.80. The van der Waals surface area contributed by atoms with Crippen molar-refractivity contribution in [2.75, 3.05) is 6.26 Å². The minimum Gasteiger partial charge on any atom is -0.159 e. The van der Waals surface area contributed by atoms with Crippen LogP contribution in [0.15, 0.2) is 12.7 Å². The van der Waals surface area contributed by atoms with E-state index in [-0.39, 0.29) is 0 Å². The fraction of sp³-hybridized carbons (Fsp3) is 0.875. The summed E-state index contributed by atoms with van der Waals surface area (Å²) in [5.74, 6) is 0. The van der Waals surface area contributed by atoms with Crippen LogP contribution in [0.2, 0.25) is 0 Å². The van der Waals surface area contributed by atoms with Crippen molar-refractivity contribution < 1.29 is 0 Å². The Morgan fingerprint density at radius 1 is 0.882 bits per heavy atom. The lowest BCUT2D eigenvalue weighted by molar-refractivity contribution is 0.530. The molecule has 0 radical (unpaired) electrons. The molecular formula is C16H32S. The Balaban J connectivity index is 3.11. The summed E-state index contributed by atoms with van der Waals surface area (Å²) in [5.41, 5.74) is 0. The molecule has 0 aromatic carbocycles. The van der Waals surface area contributed by atoms with E-state index in [0.29, 0.717) is 4.75 Å². The van der Waals surface area contributed by atoms with E-state index in [1.807, 2.05) is 17.8 Å². The Morgan fingerprint density at radius 2 is 1.35 bits per heavy atom. The van der Waals surface area contributed by atoms with E-state index in [1.54, 1.807) is 0 Å². The molecule has 0 unspecified atom stereocenters. The van der Waals surface area contributed by atoms with Gasteiger partial charge in [0.05, 0.1) is 0 Å². The molecule has 0 fully saturated rings. The van der Waals surface area contributed by atoms with Gasteiger partial charge in [0.25, 0.3) is 0 Å². The number of allylic oxidation sites excluding steroid dienone is 1. The topological polar surface area (TPSA) is 0 Å². The molecule has 1 heteroatoms. The zero-order chi connectivity index (χ0) is 13.0. The number of hydrogen-bond acceptors (Lipinski definition) is 1. The van der Waals surface area contributed by atoms with Gasteiger partial charge in [0.15, 0.2) is 0 Å². The summed E-state index contributed by atoms with van der Waals surface area (Å²) in [4.78, 5) is 0. The van der Waals surface area contributed by atoms with E-state index >= 15 is 0 Å². The van der Waals surface area contributed by atoms with Crippen LogP contribution in [0.5, 0.6) is 0 Å². The molecule has 0 atom stereocenters. The summed E-state index contributed by atoms with van der Waals surface area (Å²) in [6, 6.07) is 0. The van der Waals surface area contributed by atoms with Crippen LogP contribution in [0.25, 0.3) is 0 Å². The van der Waals surface area contributed by atoms with Crippen molar-refractivity contribution in [2.24, 2.45) is 0 Å². The molecule has 0 heterocycles. The highest BCUT2D eigenvalue weighted by molar-refractivity contribution is 7.99. The van der Waals surface area contributed by atoms with Crippen molar-refractivity contribution in [3.05, 3.63) is 12.7 Å². The lowest BCUT2D eigenvalue weighted by Crippen LogP contribution is -2.13. The summed E-state index contributed by atoms with van der Waals surface area (Å²) in [6.07, 6.45) is 18.1. The van der Waals surface area contributed by atoms with Gasteiger partial charge in [0, 0.05) is 4.75 Å². The average molecular weight is 256 g/mol. The first-order chi connectivity index (χ1) is 8.12. The Hall–Kier alpha value is 0.0900. The van der Waals surface area contributed by atoms with Gasteiger partial charge < -0.3 is 0 Å². The number of hydrogen-bond donors (Lipinski definition) is 0. The molecule has 0 N–H and O–H groups in total. The first kappa shape index (κ1) is 17.1. The van der Waals surface area contributed by atoms with Crippen molar-refractivity contribution in [2.45, 2.75) is 82.8 Å². The molecule has 0 aromatic heterocycles. The maximum absolute atomic E-state index is 3.75. The molecule has 0 amide bonds. The fourth-order valence-corrected chi connectivity index (χ4v) is 2.35. The quantitative estimate of drug-likeness (QED) is 0.295. The second kappa shape index (κ2) is 11.2. The summed E-state index contributed by atoms with van der Waals surface area (Å²) in [6.45, 7) is 8.47. The average Bonchev–Trinajstić information content (AvgIpc) is 2.31. The van der Waals surface area contributed by atoms with Gasteiger partial charge in [-0.25, -0.2) is 0 Å². The van der Waals surface area contributed by atoms with Crippen LogP contribution in [0, 0.1) is 0 Å². The van der Waals surface area contributed by atoms with Gasteiger partial charge in [-0.15, -0.1) is 6.58 Å². The standard InChI is InChI=1S/C16H32S/c1-5-6-7-8-9-10-11-12-13-14-15-16(2,3)17-4/h5H,1,6-15H2,2-4H3. The normalized spacial score (nSPS) is 11.7. The lowest BCUT2D eigenvalue weighted by atomic mass is 10.0. The lowest BCUT2D eigenvalue weighted by Gasteiger charge is -2.21. The monoisotopic (exact) mass is 256 g/mol. The van der Waals surface area contributed by atoms with Crippen LogP contribution in [0.4, 0.5) is 0 Å². The second-order valence-electron chi connectivity index (χ2n) is 5.62. The van der Waals surface area contributed by atoms with Gasteiger partial charge in [0.2, 0.25) is 0 Å². The molecule has 17 heavy (non-hydrogen) atoms. The van der Waals surface area contributed by atoms with Gasteiger partial charge in [-0.3, -0.25) is 0 Å². The molecule has 0 aromatic rings. The van der Waals surface area contributed by atoms with Gasteiger partial charge >= 0.3 is 0 Å². The van der Waals surface area contributed by atoms with Crippen molar-refractivity contribution in [1.82, 2.24) is 0 Å². The van der Waals surface area contributed by atoms with Crippen LogP contribution in [0.1, 0.15) is 78.1 Å². The largest absolute Gasteiger partial charge is 0.159 e. The molecule has 0 bridgehead atoms. The summed E-state index contributed by atoms with van der Waals surface area (Å²) in [5, 5.41) is 0. The summed E-state index contributed by atoms with van der Waals surface area (Å²) in [7, 11) is 0. The molecule has 0 aliphatic carbocycles. The smallest absolute Gasteiger partial charge is 0.0100 e. The van der Waals surface area contributed by atoms with E-state index in [2.05, 4.69) is 26.7 Å². The van der Waals surface area contributed by atoms with Gasteiger partial charge in [-0.2, -0.15) is 11.8 Å². The second-order valence-corrected chi connectivity index (χ2v) is 7.13. The Labute approximate surface area is 114 Å². The first-order valence-corrected chi connectivity index (χ1v) is 8.51. The first-order valence-electron chi connectivity index (χ1n) is 7.28. The highest BCUT2D eigenvalue weighted by Crippen LogP contribution is 2.27. The van der Waals surface area contributed by atoms with Crippen molar-refractivity contribution in [3.8, 4) is 0 Å². The Kier molecular flexibility index (Phi) is 11.3. The van der Waals surface area contributed by atoms with Gasteiger partial charge in [-0.05, 0) is 25.5 Å². The van der Waals surface area contributed by atoms with Crippen LogP contribution in [-0.2, 0) is 0 Å². The molecule has 0 aliphatic heterocycles. The molecular weight excluding hydrogens is 224 g/mol. The third kappa shape index (κ3) is 12.3. The van der Waals surface area contributed by atoms with E-state index in [9.17, 15) is 0 Å². The highest BCUT2D eigenvalue weighted by atomic mass is 32.2. The maximum atomic E-state index is 3.75. The van der Waals surface area contributed by atoms with Crippen molar-refractivity contribution in [3.63, 3.8) is 0 Å². The minimum absolute atomic E-state index is 0.491. The Morgan fingerprint density at radius 3 is 1.82 bits per heavy atom. The van der Waals surface area contributed by atoms with Crippen molar-refractivity contribution >= 4 is 11.8 Å². The molecule has 0 nitrogen and oxygen atoms in total. The van der Waals surface area contributed by atoms with E-state index < -0.39 is 0 Å². The summed E-state index contributed by atoms with van der Waals surface area (Å²) >= 11 is 2.00. The predicted molar refractivity (Wildman–Crippen MR) is 84.0 cm³/mol. The van der Waals surface area contributed by atoms with Gasteiger partial charge in [0.1, 0.15) is 0 Å². The number of thioether (sulfide) groups is 1. The van der Waals surface area contributed by atoms with Crippen molar-refractivity contribution in [1.29, 1.82) is 0 Å². The zero-order valence-corrected chi connectivity index (χ0v) is 13.1. The van der Waals surface area contributed by atoms with Crippen LogP contribution >= 0.6 is 11.8 Å². The SMILES string of the molecule is C=CCCCCCCCCCCC(C)(C)SC. The molecule has 0 rings (SSSR count). The molecule has 0 saturated carbocycles. The fourth-order valence-electron chi connectivity index (χ4n) is 2.00. The van der Waals surface area contributed by atoms with Crippen LogP contribution in [-0.4, -0.2) is 11.0 Å². The maximum Gasteiger partial charge on any atom is 0.0100 e. The highest BCUT2D eigenvalue weighted by Gasteiger charge is 2.14. The van der Waals surface area contributed by atoms with E-state index in [1.165, 1.54) is 64.2 Å².